The van der Waals surface area contributed by atoms with Crippen LogP contribution in [0.15, 0.2) is 15.9 Å². The molecule has 1 aromatic rings. The highest BCUT2D eigenvalue weighted by atomic mass is 79.9. The molecule has 0 bridgehead atoms. The highest BCUT2D eigenvalue weighted by molar-refractivity contribution is 9.11. The SMILES string of the molecule is CN(C)C(CN1CCNCC1)c1ccc(Br)s1. The number of halogens is 1. The quantitative estimate of drug-likeness (QED) is 0.916. The van der Waals surface area contributed by atoms with Crippen molar-refractivity contribution in [2.24, 2.45) is 0 Å². The van der Waals surface area contributed by atoms with E-state index in [-0.39, 0.29) is 0 Å². The first-order valence-electron chi connectivity index (χ1n) is 6.01. The van der Waals surface area contributed by atoms with Gasteiger partial charge >= 0.3 is 0 Å². The Balaban J connectivity index is 2.01. The minimum Gasteiger partial charge on any atom is -0.314 e. The molecule has 17 heavy (non-hydrogen) atoms. The average Bonchev–Trinajstić information content (AvgIpc) is 2.73. The van der Waals surface area contributed by atoms with Gasteiger partial charge < -0.3 is 10.2 Å². The number of rotatable bonds is 4. The summed E-state index contributed by atoms with van der Waals surface area (Å²) < 4.78 is 1.22. The fourth-order valence-electron chi connectivity index (χ4n) is 2.15. The second-order valence-electron chi connectivity index (χ2n) is 4.67. The van der Waals surface area contributed by atoms with Crippen molar-refractivity contribution in [2.75, 3.05) is 46.8 Å². The Morgan fingerprint density at radius 3 is 2.65 bits per heavy atom. The summed E-state index contributed by atoms with van der Waals surface area (Å²) in [4.78, 5) is 6.31. The van der Waals surface area contributed by atoms with Crippen LogP contribution in [0, 0.1) is 0 Å². The molecule has 0 amide bonds. The first-order chi connectivity index (χ1) is 8.16. The molecule has 1 atom stereocenters. The van der Waals surface area contributed by atoms with E-state index < -0.39 is 0 Å². The molecular weight excluding hydrogens is 298 g/mol. The lowest BCUT2D eigenvalue weighted by atomic mass is 10.2. The highest BCUT2D eigenvalue weighted by Gasteiger charge is 2.20. The smallest absolute Gasteiger partial charge is 0.0702 e. The second-order valence-corrected chi connectivity index (χ2v) is 7.17. The third-order valence-corrected chi connectivity index (χ3v) is 4.91. The summed E-state index contributed by atoms with van der Waals surface area (Å²) in [5, 5.41) is 3.40. The van der Waals surface area contributed by atoms with Crippen LogP contribution in [-0.4, -0.2) is 56.6 Å². The molecule has 0 radical (unpaired) electrons. The maximum Gasteiger partial charge on any atom is 0.0702 e. The summed E-state index contributed by atoms with van der Waals surface area (Å²) in [6.07, 6.45) is 0. The van der Waals surface area contributed by atoms with Crippen LogP contribution in [0.1, 0.15) is 10.9 Å². The second kappa shape index (κ2) is 6.29. The minimum absolute atomic E-state index is 0.504. The largest absolute Gasteiger partial charge is 0.314 e. The molecule has 1 unspecified atom stereocenters. The molecule has 1 aliphatic rings. The van der Waals surface area contributed by atoms with Crippen molar-refractivity contribution in [2.45, 2.75) is 6.04 Å². The van der Waals surface area contributed by atoms with E-state index in [1.54, 1.807) is 0 Å². The third kappa shape index (κ3) is 3.76. The van der Waals surface area contributed by atoms with E-state index in [0.29, 0.717) is 6.04 Å². The van der Waals surface area contributed by atoms with E-state index >= 15 is 0 Å². The van der Waals surface area contributed by atoms with E-state index in [2.05, 4.69) is 57.3 Å². The van der Waals surface area contributed by atoms with Gasteiger partial charge in [0.2, 0.25) is 0 Å². The van der Waals surface area contributed by atoms with Crippen LogP contribution in [0.3, 0.4) is 0 Å². The maximum atomic E-state index is 3.55. The number of thiophene rings is 1. The van der Waals surface area contributed by atoms with E-state index in [1.165, 1.54) is 8.66 Å². The molecule has 2 heterocycles. The molecule has 2 rings (SSSR count). The van der Waals surface area contributed by atoms with Crippen LogP contribution in [0.4, 0.5) is 0 Å². The van der Waals surface area contributed by atoms with Crippen LogP contribution in [0.2, 0.25) is 0 Å². The monoisotopic (exact) mass is 317 g/mol. The van der Waals surface area contributed by atoms with Gasteiger partial charge in [-0.2, -0.15) is 0 Å². The Bertz CT molecular complexity index is 347. The van der Waals surface area contributed by atoms with Gasteiger partial charge in [-0.3, -0.25) is 4.90 Å². The summed E-state index contributed by atoms with van der Waals surface area (Å²) >= 11 is 5.40. The first-order valence-corrected chi connectivity index (χ1v) is 7.62. The number of nitrogens with zero attached hydrogens (tertiary/aromatic N) is 2. The molecule has 0 aromatic carbocycles. The van der Waals surface area contributed by atoms with Gasteiger partial charge in [-0.05, 0) is 42.2 Å². The molecule has 3 nitrogen and oxygen atoms in total. The average molecular weight is 318 g/mol. The highest BCUT2D eigenvalue weighted by Crippen LogP contribution is 2.30. The Morgan fingerprint density at radius 2 is 2.12 bits per heavy atom. The molecule has 5 heteroatoms. The normalized spacial score (nSPS) is 19.8. The maximum absolute atomic E-state index is 3.55. The van der Waals surface area contributed by atoms with Crippen LogP contribution in [0.5, 0.6) is 0 Å². The number of hydrogen-bond acceptors (Lipinski definition) is 4. The molecule has 1 aliphatic heterocycles. The Morgan fingerprint density at radius 1 is 1.41 bits per heavy atom. The Hall–Kier alpha value is 0.0600. The molecule has 1 saturated heterocycles. The Kier molecular flexibility index (Phi) is 4.99. The van der Waals surface area contributed by atoms with Crippen molar-refractivity contribution in [3.05, 3.63) is 20.8 Å². The zero-order valence-corrected chi connectivity index (χ0v) is 12.9. The van der Waals surface area contributed by atoms with Crippen LogP contribution in [0.25, 0.3) is 0 Å². The van der Waals surface area contributed by atoms with Crippen molar-refractivity contribution in [1.29, 1.82) is 0 Å². The van der Waals surface area contributed by atoms with Crippen molar-refractivity contribution < 1.29 is 0 Å². The van der Waals surface area contributed by atoms with E-state index in [1.807, 2.05) is 11.3 Å². The zero-order valence-electron chi connectivity index (χ0n) is 10.4. The predicted molar refractivity (Wildman–Crippen MR) is 77.8 cm³/mol. The summed E-state index contributed by atoms with van der Waals surface area (Å²) in [5.74, 6) is 0. The Labute approximate surface area is 116 Å². The zero-order chi connectivity index (χ0) is 12.3. The summed E-state index contributed by atoms with van der Waals surface area (Å²) in [6, 6.07) is 4.89. The molecule has 0 saturated carbocycles. The van der Waals surface area contributed by atoms with Crippen molar-refractivity contribution in [3.8, 4) is 0 Å². The van der Waals surface area contributed by atoms with Crippen molar-refractivity contribution in [3.63, 3.8) is 0 Å². The molecule has 0 spiro atoms. The minimum atomic E-state index is 0.504. The molecule has 1 fully saturated rings. The van der Waals surface area contributed by atoms with E-state index in [0.717, 1.165) is 32.7 Å². The predicted octanol–water partition coefficient (Wildman–Crippen LogP) is 2.02. The lowest BCUT2D eigenvalue weighted by Crippen LogP contribution is -2.46. The topological polar surface area (TPSA) is 18.5 Å². The number of likely N-dealkylation sites (N-methyl/N-ethyl adjacent to an activating group) is 1. The van der Waals surface area contributed by atoms with Crippen molar-refractivity contribution in [1.82, 2.24) is 15.1 Å². The fraction of sp³-hybridized carbons (Fsp3) is 0.667. The van der Waals surface area contributed by atoms with Gasteiger partial charge in [0.1, 0.15) is 0 Å². The van der Waals surface area contributed by atoms with Gasteiger partial charge in [-0.25, -0.2) is 0 Å². The third-order valence-electron chi connectivity index (χ3n) is 3.19. The molecular formula is C12H20BrN3S. The summed E-state index contributed by atoms with van der Waals surface area (Å²) in [6.45, 7) is 5.69. The van der Waals surface area contributed by atoms with Gasteiger partial charge in [-0.1, -0.05) is 0 Å². The van der Waals surface area contributed by atoms with Crippen LogP contribution < -0.4 is 5.32 Å². The summed E-state index contributed by atoms with van der Waals surface area (Å²) in [7, 11) is 4.33. The molecule has 1 N–H and O–H groups in total. The molecule has 96 valence electrons. The molecule has 1 aromatic heterocycles. The van der Waals surface area contributed by atoms with Gasteiger partial charge in [0.15, 0.2) is 0 Å². The lowest BCUT2D eigenvalue weighted by molar-refractivity contribution is 0.170. The van der Waals surface area contributed by atoms with Gasteiger partial charge in [0.05, 0.1) is 9.83 Å². The fourth-order valence-corrected chi connectivity index (χ4v) is 3.77. The van der Waals surface area contributed by atoms with Crippen LogP contribution >= 0.6 is 27.3 Å². The molecule has 0 aliphatic carbocycles. The van der Waals surface area contributed by atoms with Crippen molar-refractivity contribution >= 4 is 27.3 Å². The lowest BCUT2D eigenvalue weighted by Gasteiger charge is -2.33. The van der Waals surface area contributed by atoms with Gasteiger partial charge in [-0.15, -0.1) is 11.3 Å². The first kappa shape index (κ1) is 13.5. The van der Waals surface area contributed by atoms with E-state index in [4.69, 9.17) is 0 Å². The van der Waals surface area contributed by atoms with Gasteiger partial charge in [0, 0.05) is 37.6 Å². The van der Waals surface area contributed by atoms with E-state index in [9.17, 15) is 0 Å². The number of piperazine rings is 1. The number of nitrogens with one attached hydrogen (secondary N) is 1. The number of hydrogen-bond donors (Lipinski definition) is 1. The standard InChI is InChI=1S/C12H20BrN3S/c1-15(2)10(11-3-4-12(13)17-11)9-16-7-5-14-6-8-16/h3-4,10,14H,5-9H2,1-2H3. The summed E-state index contributed by atoms with van der Waals surface area (Å²) in [5.41, 5.74) is 0. The van der Waals surface area contributed by atoms with Crippen LogP contribution in [-0.2, 0) is 0 Å². The van der Waals surface area contributed by atoms with Gasteiger partial charge in [0.25, 0.3) is 0 Å².